The molecule has 0 bridgehead atoms. The van der Waals surface area contributed by atoms with E-state index in [2.05, 4.69) is 53.9 Å². The molecule has 0 fully saturated rings. The van der Waals surface area contributed by atoms with Crippen LogP contribution in [0, 0.1) is 5.92 Å². The van der Waals surface area contributed by atoms with E-state index in [0.717, 1.165) is 30.6 Å². The fourth-order valence-electron chi connectivity index (χ4n) is 4.92. The Morgan fingerprint density at radius 3 is 2.51 bits per heavy atom. The van der Waals surface area contributed by atoms with Crippen molar-refractivity contribution in [2.45, 2.75) is 19.3 Å². The van der Waals surface area contributed by atoms with Gasteiger partial charge in [-0.25, -0.2) is 0 Å². The molecule has 3 aromatic carbocycles. The Morgan fingerprint density at radius 1 is 0.857 bits per heavy atom. The predicted molar refractivity (Wildman–Crippen MR) is 143 cm³/mol. The maximum absolute atomic E-state index is 13.1. The first kappa shape index (κ1) is 22.7. The van der Waals surface area contributed by atoms with Gasteiger partial charge in [0.2, 0.25) is 0 Å². The van der Waals surface area contributed by atoms with Crippen LogP contribution in [0.5, 0.6) is 5.75 Å². The van der Waals surface area contributed by atoms with Crippen molar-refractivity contribution in [1.29, 1.82) is 0 Å². The Bertz CT molecular complexity index is 1450. The quantitative estimate of drug-likeness (QED) is 0.554. The van der Waals surface area contributed by atoms with Crippen LogP contribution in [0.3, 0.4) is 0 Å². The SMILES string of the molecule is C1=CC=CNC=C1.COc1cccc(C(=O)C2C=c3c(ccc4c3=CCc3ccccc3-4)CC2)c1. The minimum atomic E-state index is -0.0864. The lowest BCUT2D eigenvalue weighted by Crippen LogP contribution is -2.37. The highest BCUT2D eigenvalue weighted by molar-refractivity contribution is 6.01. The van der Waals surface area contributed by atoms with Crippen molar-refractivity contribution in [2.75, 3.05) is 7.11 Å². The highest BCUT2D eigenvalue weighted by Gasteiger charge is 2.23. The van der Waals surface area contributed by atoms with E-state index < -0.39 is 0 Å². The lowest BCUT2D eigenvalue weighted by atomic mass is 9.82. The summed E-state index contributed by atoms with van der Waals surface area (Å²) in [7, 11) is 1.63. The number of carbonyl (C=O) groups is 1. The molecule has 1 unspecified atom stereocenters. The van der Waals surface area contributed by atoms with E-state index in [0.29, 0.717) is 0 Å². The summed E-state index contributed by atoms with van der Waals surface area (Å²) in [6.45, 7) is 0. The molecule has 3 nitrogen and oxygen atoms in total. The van der Waals surface area contributed by atoms with Crippen molar-refractivity contribution in [3.8, 4) is 16.9 Å². The van der Waals surface area contributed by atoms with Crippen molar-refractivity contribution in [3.05, 3.63) is 124 Å². The number of nitrogens with one attached hydrogen (secondary N) is 1. The molecular formula is C32H29NO2. The summed E-state index contributed by atoms with van der Waals surface area (Å²) < 4.78 is 5.29. The maximum atomic E-state index is 13.1. The lowest BCUT2D eigenvalue weighted by Gasteiger charge is -2.21. The van der Waals surface area contributed by atoms with E-state index >= 15 is 0 Å². The molecular weight excluding hydrogens is 430 g/mol. The third-order valence-electron chi connectivity index (χ3n) is 6.71. The van der Waals surface area contributed by atoms with Gasteiger partial charge in [0.25, 0.3) is 0 Å². The fourth-order valence-corrected chi connectivity index (χ4v) is 4.92. The number of methoxy groups -OCH3 is 1. The smallest absolute Gasteiger partial charge is 0.169 e. The molecule has 174 valence electrons. The van der Waals surface area contributed by atoms with Gasteiger partial charge in [-0.15, -0.1) is 0 Å². The Kier molecular flexibility index (Phi) is 6.76. The number of allylic oxidation sites excluding steroid dienone is 4. The molecule has 3 aliphatic rings. The summed E-state index contributed by atoms with van der Waals surface area (Å²) in [5, 5.41) is 5.46. The molecule has 0 radical (unpaired) electrons. The highest BCUT2D eigenvalue weighted by atomic mass is 16.5. The van der Waals surface area contributed by atoms with Gasteiger partial charge in [-0.05, 0) is 76.2 Å². The van der Waals surface area contributed by atoms with Crippen LogP contribution in [0.4, 0.5) is 0 Å². The number of hydrogen-bond donors (Lipinski definition) is 1. The molecule has 0 saturated heterocycles. The van der Waals surface area contributed by atoms with E-state index in [1.165, 1.54) is 32.7 Å². The third-order valence-corrected chi connectivity index (χ3v) is 6.71. The molecule has 0 amide bonds. The zero-order chi connectivity index (χ0) is 24.0. The molecule has 1 heterocycles. The summed E-state index contributed by atoms with van der Waals surface area (Å²) in [6, 6.07) is 20.6. The first-order valence-corrected chi connectivity index (χ1v) is 12.1. The minimum absolute atomic E-state index is 0.0864. The second kappa shape index (κ2) is 10.4. The van der Waals surface area contributed by atoms with Crippen LogP contribution in [0.25, 0.3) is 23.3 Å². The van der Waals surface area contributed by atoms with Crippen LogP contribution < -0.4 is 20.5 Å². The van der Waals surface area contributed by atoms with Gasteiger partial charge in [-0.1, -0.05) is 72.8 Å². The van der Waals surface area contributed by atoms with E-state index in [9.17, 15) is 4.79 Å². The van der Waals surface area contributed by atoms with Gasteiger partial charge in [0.1, 0.15) is 5.75 Å². The fraction of sp³-hybridized carbons (Fsp3) is 0.156. The molecule has 0 aromatic heterocycles. The number of fused-ring (bicyclic) bond motifs is 5. The first-order valence-electron chi connectivity index (χ1n) is 12.1. The lowest BCUT2D eigenvalue weighted by molar-refractivity contribution is 0.0946. The van der Waals surface area contributed by atoms with Gasteiger partial charge in [0, 0.05) is 23.9 Å². The number of benzene rings is 3. The van der Waals surface area contributed by atoms with Crippen LogP contribution in [-0.2, 0) is 12.8 Å². The van der Waals surface area contributed by atoms with Crippen molar-refractivity contribution < 1.29 is 9.53 Å². The van der Waals surface area contributed by atoms with Crippen LogP contribution in [-0.4, -0.2) is 12.9 Å². The van der Waals surface area contributed by atoms with E-state index in [1.807, 2.05) is 61.0 Å². The summed E-state index contributed by atoms with van der Waals surface area (Å²) in [5.41, 5.74) is 6.05. The largest absolute Gasteiger partial charge is 0.497 e. The maximum Gasteiger partial charge on any atom is 0.169 e. The zero-order valence-electron chi connectivity index (χ0n) is 19.9. The first-order chi connectivity index (χ1) is 17.2. The molecule has 0 saturated carbocycles. The van der Waals surface area contributed by atoms with E-state index in [1.54, 1.807) is 7.11 Å². The van der Waals surface area contributed by atoms with Gasteiger partial charge in [0.15, 0.2) is 5.78 Å². The summed E-state index contributed by atoms with van der Waals surface area (Å²) in [5.74, 6) is 0.819. The van der Waals surface area contributed by atoms with Crippen LogP contribution in [0.1, 0.15) is 27.9 Å². The number of rotatable bonds is 3. The summed E-state index contributed by atoms with van der Waals surface area (Å²) in [6.07, 6.45) is 18.8. The van der Waals surface area contributed by atoms with Gasteiger partial charge in [0.05, 0.1) is 7.11 Å². The molecule has 1 N–H and O–H groups in total. The van der Waals surface area contributed by atoms with Crippen molar-refractivity contribution >= 4 is 17.9 Å². The topological polar surface area (TPSA) is 38.3 Å². The number of aryl methyl sites for hydroxylation is 1. The number of carbonyl (C=O) groups excluding carboxylic acids is 1. The normalized spacial score (nSPS) is 16.5. The summed E-state index contributed by atoms with van der Waals surface area (Å²) in [4.78, 5) is 13.1. The van der Waals surface area contributed by atoms with Crippen molar-refractivity contribution in [3.63, 3.8) is 0 Å². The molecule has 3 aromatic rings. The number of ether oxygens (including phenoxy) is 1. The molecule has 2 aliphatic carbocycles. The Balaban J connectivity index is 0.000000313. The van der Waals surface area contributed by atoms with Crippen molar-refractivity contribution in [2.24, 2.45) is 5.92 Å². The van der Waals surface area contributed by atoms with E-state index in [4.69, 9.17) is 4.74 Å². The second-order valence-electron chi connectivity index (χ2n) is 8.84. The number of Topliss-reactive ketones (excluding diaryl/α,β-unsaturated/α-hetero) is 1. The van der Waals surface area contributed by atoms with Crippen molar-refractivity contribution in [1.82, 2.24) is 5.32 Å². The van der Waals surface area contributed by atoms with Crippen LogP contribution >= 0.6 is 0 Å². The van der Waals surface area contributed by atoms with Gasteiger partial charge < -0.3 is 10.1 Å². The predicted octanol–water partition coefficient (Wildman–Crippen LogP) is 5.10. The zero-order valence-corrected chi connectivity index (χ0v) is 19.9. The summed E-state index contributed by atoms with van der Waals surface area (Å²) >= 11 is 0. The standard InChI is InChI=1S/C26H22O2.C6H7N/c1-28-21-7-4-6-19(15-21)26(27)20-10-9-18-12-13-23-22-8-3-2-5-17(22)11-14-24(23)25(18)16-20;1-2-4-6-7-5-3-1/h2-8,12-16,20H,9-11H2,1H3;1-7H. The van der Waals surface area contributed by atoms with Gasteiger partial charge in [-0.3, -0.25) is 4.79 Å². The highest BCUT2D eigenvalue weighted by Crippen LogP contribution is 2.26. The Morgan fingerprint density at radius 2 is 1.69 bits per heavy atom. The molecule has 3 heteroatoms. The average molecular weight is 460 g/mol. The van der Waals surface area contributed by atoms with E-state index in [-0.39, 0.29) is 11.7 Å². The molecule has 0 spiro atoms. The Labute approximate surface area is 206 Å². The third kappa shape index (κ3) is 4.90. The molecule has 6 rings (SSSR count). The second-order valence-corrected chi connectivity index (χ2v) is 8.84. The number of hydrogen-bond acceptors (Lipinski definition) is 3. The van der Waals surface area contributed by atoms with Crippen LogP contribution in [0.15, 0.2) is 97.4 Å². The van der Waals surface area contributed by atoms with Gasteiger partial charge >= 0.3 is 0 Å². The molecule has 1 atom stereocenters. The van der Waals surface area contributed by atoms with Crippen LogP contribution in [0.2, 0.25) is 0 Å². The molecule has 35 heavy (non-hydrogen) atoms. The average Bonchev–Trinajstić information content (AvgIpc) is 3.26. The monoisotopic (exact) mass is 459 g/mol. The Hall–Kier alpha value is -4.11. The van der Waals surface area contributed by atoms with Gasteiger partial charge in [-0.2, -0.15) is 0 Å². The molecule has 1 aliphatic heterocycles. The number of ketones is 1. The minimum Gasteiger partial charge on any atom is -0.497 e.